The van der Waals surface area contributed by atoms with E-state index in [2.05, 4.69) is 27.0 Å². The number of rotatable bonds is 9. The summed E-state index contributed by atoms with van der Waals surface area (Å²) in [5.41, 5.74) is 9.68. The predicted octanol–water partition coefficient (Wildman–Crippen LogP) is 1.90. The van der Waals surface area contributed by atoms with Gasteiger partial charge < -0.3 is 26.7 Å². The van der Waals surface area contributed by atoms with Crippen molar-refractivity contribution in [1.82, 2.24) is 15.6 Å². The van der Waals surface area contributed by atoms with Crippen molar-refractivity contribution in [1.29, 1.82) is 0 Å². The lowest BCUT2D eigenvalue weighted by Gasteiger charge is -2.15. The monoisotopic (exact) mass is 393 g/mol. The summed E-state index contributed by atoms with van der Waals surface area (Å²) in [5, 5.41) is 9.78. The molecular weight excluding hydrogens is 366 g/mol. The molecule has 7 heteroatoms. The van der Waals surface area contributed by atoms with E-state index in [9.17, 15) is 9.59 Å². The van der Waals surface area contributed by atoms with Crippen molar-refractivity contribution < 1.29 is 9.59 Å². The lowest BCUT2D eigenvalue weighted by molar-refractivity contribution is -0.126. The summed E-state index contributed by atoms with van der Waals surface area (Å²) < 4.78 is 0. The maximum absolute atomic E-state index is 12.2. The minimum absolute atomic E-state index is 0.0540. The first-order chi connectivity index (χ1) is 14.1. The molecule has 2 aromatic carbocycles. The van der Waals surface area contributed by atoms with Crippen LogP contribution in [0.2, 0.25) is 0 Å². The Labute approximate surface area is 170 Å². The Hall–Kier alpha value is -3.32. The number of benzene rings is 2. The van der Waals surface area contributed by atoms with E-state index in [-0.39, 0.29) is 18.4 Å². The van der Waals surface area contributed by atoms with Crippen LogP contribution in [0.3, 0.4) is 0 Å². The highest BCUT2D eigenvalue weighted by atomic mass is 16.2. The molecule has 3 aromatic rings. The molecule has 1 heterocycles. The number of H-pyrrole nitrogens is 1. The second-order valence-corrected chi connectivity index (χ2v) is 6.95. The van der Waals surface area contributed by atoms with Gasteiger partial charge in [-0.05, 0) is 42.7 Å². The quantitative estimate of drug-likeness (QED) is 0.382. The number of carbonyl (C=O) groups is 2. The number of fused-ring (bicyclic) bond motifs is 1. The van der Waals surface area contributed by atoms with Crippen LogP contribution in [0.5, 0.6) is 0 Å². The van der Waals surface area contributed by atoms with Crippen LogP contribution in [0, 0.1) is 0 Å². The lowest BCUT2D eigenvalue weighted by Crippen LogP contribution is -2.43. The van der Waals surface area contributed by atoms with Gasteiger partial charge in [0.1, 0.15) is 6.04 Å². The van der Waals surface area contributed by atoms with E-state index >= 15 is 0 Å². The minimum atomic E-state index is -0.470. The third kappa shape index (κ3) is 5.58. The summed E-state index contributed by atoms with van der Waals surface area (Å²) in [5.74, 6) is -0.453. The fourth-order valence-electron chi connectivity index (χ4n) is 3.16. The lowest BCUT2D eigenvalue weighted by atomic mass is 10.1. The molecule has 29 heavy (non-hydrogen) atoms. The second kappa shape index (κ2) is 9.75. The van der Waals surface area contributed by atoms with E-state index in [1.165, 1.54) is 0 Å². The molecule has 1 aromatic heterocycles. The van der Waals surface area contributed by atoms with Gasteiger partial charge in [0, 0.05) is 35.9 Å². The molecule has 0 fully saturated rings. The molecule has 0 saturated heterocycles. The normalized spacial score (nSPS) is 11.8. The summed E-state index contributed by atoms with van der Waals surface area (Å²) >= 11 is 0. The summed E-state index contributed by atoms with van der Waals surface area (Å²) in [6.07, 6.45) is 2.69. The SMILES string of the molecule is CC(Nc1cccc(CN)c1)C(=O)NCC(=O)NCCc1c[nH]c2ccccc12. The Bertz CT molecular complexity index is 982. The average Bonchev–Trinajstić information content (AvgIpc) is 3.15. The number of amides is 2. The van der Waals surface area contributed by atoms with Gasteiger partial charge in [-0.15, -0.1) is 0 Å². The summed E-state index contributed by atoms with van der Waals surface area (Å²) in [6, 6.07) is 15.2. The molecule has 2 amide bonds. The third-order valence-electron chi connectivity index (χ3n) is 4.75. The number of carbonyl (C=O) groups excluding carboxylic acids is 2. The van der Waals surface area contributed by atoms with Crippen LogP contribution >= 0.6 is 0 Å². The van der Waals surface area contributed by atoms with E-state index in [0.29, 0.717) is 13.1 Å². The standard InChI is InChI=1S/C22H27N5O2/c1-15(27-18-6-4-5-16(11-18)12-23)22(29)26-14-21(28)24-10-9-17-13-25-20-8-3-2-7-19(17)20/h2-8,11,13,15,25,27H,9-10,12,14,23H2,1H3,(H,24,28)(H,26,29). The molecule has 1 atom stereocenters. The van der Waals surface area contributed by atoms with Gasteiger partial charge in [0.25, 0.3) is 0 Å². The second-order valence-electron chi connectivity index (χ2n) is 6.95. The minimum Gasteiger partial charge on any atom is -0.374 e. The average molecular weight is 393 g/mol. The van der Waals surface area contributed by atoms with Gasteiger partial charge in [0.05, 0.1) is 6.54 Å². The van der Waals surface area contributed by atoms with E-state index < -0.39 is 6.04 Å². The van der Waals surface area contributed by atoms with E-state index in [1.54, 1.807) is 6.92 Å². The first-order valence-corrected chi connectivity index (χ1v) is 9.72. The highest BCUT2D eigenvalue weighted by molar-refractivity contribution is 5.89. The summed E-state index contributed by atoms with van der Waals surface area (Å²) in [4.78, 5) is 27.5. The number of aromatic amines is 1. The van der Waals surface area contributed by atoms with Crippen molar-refractivity contribution in [2.75, 3.05) is 18.4 Å². The van der Waals surface area contributed by atoms with E-state index in [1.807, 2.05) is 48.7 Å². The molecule has 0 aliphatic rings. The number of para-hydroxylation sites is 1. The summed E-state index contributed by atoms with van der Waals surface area (Å²) in [6.45, 7) is 2.64. The zero-order valence-electron chi connectivity index (χ0n) is 16.5. The first-order valence-electron chi connectivity index (χ1n) is 9.72. The maximum Gasteiger partial charge on any atom is 0.242 e. The largest absolute Gasteiger partial charge is 0.374 e. The van der Waals surface area contributed by atoms with Crippen LogP contribution in [0.25, 0.3) is 10.9 Å². The number of hydrogen-bond acceptors (Lipinski definition) is 4. The van der Waals surface area contributed by atoms with Gasteiger partial charge in [-0.2, -0.15) is 0 Å². The van der Waals surface area contributed by atoms with Gasteiger partial charge in [0.15, 0.2) is 0 Å². The van der Waals surface area contributed by atoms with E-state index in [4.69, 9.17) is 5.73 Å². The fraction of sp³-hybridized carbons (Fsp3) is 0.273. The first kappa shape index (κ1) is 20.4. The third-order valence-corrected chi connectivity index (χ3v) is 4.75. The Morgan fingerprint density at radius 1 is 1.10 bits per heavy atom. The molecule has 0 aliphatic carbocycles. The van der Waals surface area contributed by atoms with Crippen molar-refractivity contribution in [3.63, 3.8) is 0 Å². The molecule has 1 unspecified atom stereocenters. The van der Waals surface area contributed by atoms with Gasteiger partial charge in [0.2, 0.25) is 11.8 Å². The molecule has 0 spiro atoms. The maximum atomic E-state index is 12.2. The van der Waals surface area contributed by atoms with Gasteiger partial charge >= 0.3 is 0 Å². The van der Waals surface area contributed by atoms with Crippen LogP contribution in [-0.4, -0.2) is 35.9 Å². The van der Waals surface area contributed by atoms with Crippen LogP contribution in [0.4, 0.5) is 5.69 Å². The molecule has 0 saturated carbocycles. The number of nitrogens with one attached hydrogen (secondary N) is 4. The van der Waals surface area contributed by atoms with Crippen molar-refractivity contribution in [2.45, 2.75) is 25.9 Å². The van der Waals surface area contributed by atoms with Gasteiger partial charge in [-0.3, -0.25) is 9.59 Å². The van der Waals surface area contributed by atoms with Crippen LogP contribution in [0.1, 0.15) is 18.1 Å². The van der Waals surface area contributed by atoms with Crippen LogP contribution in [-0.2, 0) is 22.6 Å². The predicted molar refractivity (Wildman–Crippen MR) is 115 cm³/mol. The fourth-order valence-corrected chi connectivity index (χ4v) is 3.16. The van der Waals surface area contributed by atoms with Crippen molar-refractivity contribution in [2.24, 2.45) is 5.73 Å². The smallest absolute Gasteiger partial charge is 0.242 e. The molecule has 0 aliphatic heterocycles. The Morgan fingerprint density at radius 3 is 2.76 bits per heavy atom. The van der Waals surface area contributed by atoms with Gasteiger partial charge in [-0.25, -0.2) is 0 Å². The molecule has 7 nitrogen and oxygen atoms in total. The Kier molecular flexibility index (Phi) is 6.86. The topological polar surface area (TPSA) is 112 Å². The number of anilines is 1. The number of nitrogens with two attached hydrogens (primary N) is 1. The van der Waals surface area contributed by atoms with Crippen molar-refractivity contribution in [3.8, 4) is 0 Å². The molecule has 3 rings (SSSR count). The van der Waals surface area contributed by atoms with Gasteiger partial charge in [-0.1, -0.05) is 30.3 Å². The highest BCUT2D eigenvalue weighted by Gasteiger charge is 2.14. The molecule has 6 N–H and O–H groups in total. The zero-order valence-corrected chi connectivity index (χ0v) is 16.5. The van der Waals surface area contributed by atoms with Crippen molar-refractivity contribution in [3.05, 3.63) is 65.9 Å². The molecule has 152 valence electrons. The zero-order chi connectivity index (χ0) is 20.6. The Balaban J connectivity index is 1.39. The molecule has 0 bridgehead atoms. The van der Waals surface area contributed by atoms with E-state index in [0.717, 1.165) is 34.1 Å². The highest BCUT2D eigenvalue weighted by Crippen LogP contribution is 2.17. The summed E-state index contributed by atoms with van der Waals surface area (Å²) in [7, 11) is 0. The molecular formula is C22H27N5O2. The number of aromatic nitrogens is 1. The molecule has 0 radical (unpaired) electrons. The Morgan fingerprint density at radius 2 is 1.93 bits per heavy atom. The number of hydrogen-bond donors (Lipinski definition) is 5. The van der Waals surface area contributed by atoms with Crippen LogP contribution < -0.4 is 21.7 Å². The van der Waals surface area contributed by atoms with Crippen LogP contribution in [0.15, 0.2) is 54.7 Å². The van der Waals surface area contributed by atoms with Crippen molar-refractivity contribution >= 4 is 28.4 Å².